The Morgan fingerprint density at radius 3 is 2.67 bits per heavy atom. The maximum Gasteiger partial charge on any atom is 0.221 e. The number of amides is 1. The van der Waals surface area contributed by atoms with Crippen LogP contribution in [0, 0.1) is 6.07 Å². The predicted octanol–water partition coefficient (Wildman–Crippen LogP) is 1.52. The molecular weight excluding hydrogens is 192 g/mol. The van der Waals surface area contributed by atoms with E-state index in [-0.39, 0.29) is 5.91 Å². The van der Waals surface area contributed by atoms with Crippen LogP contribution in [0.5, 0.6) is 5.75 Å². The maximum absolute atomic E-state index is 10.9. The van der Waals surface area contributed by atoms with Gasteiger partial charge in [0.15, 0.2) is 0 Å². The Balaban J connectivity index is 3.04. The van der Waals surface area contributed by atoms with E-state index in [0.29, 0.717) is 5.69 Å². The molecule has 0 saturated carbocycles. The van der Waals surface area contributed by atoms with Gasteiger partial charge in [0.1, 0.15) is 5.75 Å². The summed E-state index contributed by atoms with van der Waals surface area (Å²) in [5.74, 6) is 0.621. The Labute approximate surface area is 89.8 Å². The highest BCUT2D eigenvalue weighted by Crippen LogP contribution is 2.29. The van der Waals surface area contributed by atoms with Gasteiger partial charge in [0.2, 0.25) is 5.91 Å². The fourth-order valence-electron chi connectivity index (χ4n) is 1.24. The molecule has 0 bridgehead atoms. The molecule has 1 rings (SSSR count). The first kappa shape index (κ1) is 11.4. The lowest BCUT2D eigenvalue weighted by molar-refractivity contribution is -0.114. The minimum atomic E-state index is -0.110. The molecule has 1 aromatic carbocycles. The van der Waals surface area contributed by atoms with Crippen LogP contribution >= 0.6 is 0 Å². The zero-order chi connectivity index (χ0) is 11.4. The molecule has 0 atom stereocenters. The number of ether oxygens (including phenoxy) is 1. The zero-order valence-electron chi connectivity index (χ0n) is 9.42. The van der Waals surface area contributed by atoms with Crippen LogP contribution in [-0.2, 0) is 4.79 Å². The molecule has 0 saturated heterocycles. The van der Waals surface area contributed by atoms with E-state index < -0.39 is 0 Å². The monoisotopic (exact) mass is 207 g/mol. The summed E-state index contributed by atoms with van der Waals surface area (Å²) in [6.07, 6.45) is 0. The van der Waals surface area contributed by atoms with Crippen LogP contribution in [0.1, 0.15) is 6.92 Å². The molecule has 4 heteroatoms. The van der Waals surface area contributed by atoms with Gasteiger partial charge in [-0.1, -0.05) is 0 Å². The smallest absolute Gasteiger partial charge is 0.221 e. The number of anilines is 2. The van der Waals surface area contributed by atoms with E-state index >= 15 is 0 Å². The van der Waals surface area contributed by atoms with Gasteiger partial charge in [0, 0.05) is 27.1 Å². The maximum atomic E-state index is 10.9. The average Bonchev–Trinajstić information content (AvgIpc) is 2.16. The van der Waals surface area contributed by atoms with Gasteiger partial charge in [-0.3, -0.25) is 4.79 Å². The third kappa shape index (κ3) is 2.87. The lowest BCUT2D eigenvalue weighted by atomic mass is 10.2. The van der Waals surface area contributed by atoms with Gasteiger partial charge in [-0.2, -0.15) is 0 Å². The second kappa shape index (κ2) is 4.68. The fourth-order valence-corrected chi connectivity index (χ4v) is 1.24. The summed E-state index contributed by atoms with van der Waals surface area (Å²) in [6, 6.07) is 6.46. The third-order valence-corrected chi connectivity index (χ3v) is 1.90. The molecular formula is C11H15N2O2. The van der Waals surface area contributed by atoms with Crippen molar-refractivity contribution in [3.63, 3.8) is 0 Å². The van der Waals surface area contributed by atoms with Gasteiger partial charge in [-0.15, -0.1) is 0 Å². The number of hydrogen-bond acceptors (Lipinski definition) is 3. The van der Waals surface area contributed by atoms with Crippen LogP contribution in [-0.4, -0.2) is 27.1 Å². The number of methoxy groups -OCH3 is 1. The number of carbonyl (C=O) groups is 1. The highest BCUT2D eigenvalue weighted by molar-refractivity contribution is 5.89. The Morgan fingerprint density at radius 2 is 2.20 bits per heavy atom. The molecule has 4 nitrogen and oxygen atoms in total. The second-order valence-corrected chi connectivity index (χ2v) is 3.38. The molecule has 81 valence electrons. The quantitative estimate of drug-likeness (QED) is 0.817. The number of rotatable bonds is 3. The van der Waals surface area contributed by atoms with Crippen molar-refractivity contribution >= 4 is 17.3 Å². The molecule has 1 aromatic rings. The van der Waals surface area contributed by atoms with Crippen LogP contribution in [0.25, 0.3) is 0 Å². The highest BCUT2D eigenvalue weighted by atomic mass is 16.5. The van der Waals surface area contributed by atoms with Crippen molar-refractivity contribution < 1.29 is 9.53 Å². The van der Waals surface area contributed by atoms with Crippen molar-refractivity contribution in [1.82, 2.24) is 0 Å². The summed E-state index contributed by atoms with van der Waals surface area (Å²) >= 11 is 0. The molecule has 1 radical (unpaired) electrons. The van der Waals surface area contributed by atoms with Crippen LogP contribution < -0.4 is 15.0 Å². The zero-order valence-corrected chi connectivity index (χ0v) is 9.42. The summed E-state index contributed by atoms with van der Waals surface area (Å²) in [6.45, 7) is 1.47. The molecule has 0 aliphatic carbocycles. The van der Waals surface area contributed by atoms with E-state index in [1.165, 1.54) is 6.92 Å². The number of nitrogens with one attached hydrogen (secondary N) is 1. The third-order valence-electron chi connectivity index (χ3n) is 1.90. The van der Waals surface area contributed by atoms with Gasteiger partial charge in [0.05, 0.1) is 18.5 Å². The SMILES string of the molecule is COc1c[c]c(NC(C)=O)cc1N(C)C. The summed E-state index contributed by atoms with van der Waals surface area (Å²) in [4.78, 5) is 12.8. The molecule has 0 aliphatic rings. The van der Waals surface area contributed by atoms with Crippen molar-refractivity contribution in [2.75, 3.05) is 31.4 Å². The average molecular weight is 207 g/mol. The van der Waals surface area contributed by atoms with Crippen molar-refractivity contribution in [2.24, 2.45) is 0 Å². The minimum absolute atomic E-state index is 0.110. The van der Waals surface area contributed by atoms with Crippen LogP contribution in [0.4, 0.5) is 11.4 Å². The van der Waals surface area contributed by atoms with E-state index in [1.807, 2.05) is 25.1 Å². The summed E-state index contributed by atoms with van der Waals surface area (Å²) < 4.78 is 5.18. The molecule has 0 aliphatic heterocycles. The standard InChI is InChI=1S/C11H15N2O2/c1-8(14)12-9-5-6-11(15-4)10(7-9)13(2)3/h6-7H,1-4H3,(H,12,14). The van der Waals surface area contributed by atoms with Crippen LogP contribution in [0.3, 0.4) is 0 Å². The molecule has 1 N–H and O–H groups in total. The predicted molar refractivity (Wildman–Crippen MR) is 60.5 cm³/mol. The van der Waals surface area contributed by atoms with Gasteiger partial charge in [0.25, 0.3) is 0 Å². The van der Waals surface area contributed by atoms with Gasteiger partial charge in [-0.25, -0.2) is 0 Å². The largest absolute Gasteiger partial charge is 0.495 e. The summed E-state index contributed by atoms with van der Waals surface area (Å²) in [5, 5.41) is 2.67. The molecule has 0 spiro atoms. The minimum Gasteiger partial charge on any atom is -0.495 e. The van der Waals surface area contributed by atoms with Gasteiger partial charge < -0.3 is 15.0 Å². The fraction of sp³-hybridized carbons (Fsp3) is 0.364. The van der Waals surface area contributed by atoms with E-state index in [1.54, 1.807) is 13.2 Å². The second-order valence-electron chi connectivity index (χ2n) is 3.38. The number of benzene rings is 1. The highest BCUT2D eigenvalue weighted by Gasteiger charge is 2.06. The van der Waals surface area contributed by atoms with E-state index in [2.05, 4.69) is 11.4 Å². The van der Waals surface area contributed by atoms with E-state index in [0.717, 1.165) is 11.4 Å². The summed E-state index contributed by atoms with van der Waals surface area (Å²) in [7, 11) is 5.43. The number of hydrogen-bond donors (Lipinski definition) is 1. The van der Waals surface area contributed by atoms with Gasteiger partial charge >= 0.3 is 0 Å². The Bertz CT molecular complexity index is 362. The molecule has 15 heavy (non-hydrogen) atoms. The lowest BCUT2D eigenvalue weighted by Gasteiger charge is -2.17. The molecule has 0 unspecified atom stereocenters. The topological polar surface area (TPSA) is 41.6 Å². The summed E-state index contributed by atoms with van der Waals surface area (Å²) in [5.41, 5.74) is 1.55. The first-order valence-electron chi connectivity index (χ1n) is 4.59. The van der Waals surface area contributed by atoms with Crippen LogP contribution in [0.15, 0.2) is 12.1 Å². The molecule has 0 aromatic heterocycles. The molecule has 0 fully saturated rings. The lowest BCUT2D eigenvalue weighted by Crippen LogP contribution is -2.12. The van der Waals surface area contributed by atoms with E-state index in [9.17, 15) is 4.79 Å². The van der Waals surface area contributed by atoms with Crippen molar-refractivity contribution in [3.8, 4) is 5.75 Å². The Morgan fingerprint density at radius 1 is 1.53 bits per heavy atom. The normalized spacial score (nSPS) is 9.60. The number of carbonyl (C=O) groups excluding carboxylic acids is 1. The molecule has 1 amide bonds. The first-order chi connectivity index (χ1) is 7.04. The Kier molecular flexibility index (Phi) is 3.55. The van der Waals surface area contributed by atoms with Crippen molar-refractivity contribution in [1.29, 1.82) is 0 Å². The van der Waals surface area contributed by atoms with E-state index in [4.69, 9.17) is 4.74 Å². The number of nitrogens with zero attached hydrogens (tertiary/aromatic N) is 1. The van der Waals surface area contributed by atoms with Crippen molar-refractivity contribution in [3.05, 3.63) is 18.2 Å². The molecule has 0 heterocycles. The van der Waals surface area contributed by atoms with Crippen molar-refractivity contribution in [2.45, 2.75) is 6.92 Å². The first-order valence-corrected chi connectivity index (χ1v) is 4.59. The van der Waals surface area contributed by atoms with Crippen LogP contribution in [0.2, 0.25) is 0 Å². The van der Waals surface area contributed by atoms with Gasteiger partial charge in [-0.05, 0) is 12.1 Å². The Hall–Kier alpha value is -1.71.